The van der Waals surface area contributed by atoms with Crippen molar-refractivity contribution in [1.29, 1.82) is 0 Å². The molecule has 94 valence electrons. The number of hydrogen-bond acceptors (Lipinski definition) is 6. The molecule has 3 N–H and O–H groups in total. The Labute approximate surface area is 102 Å². The second-order valence-corrected chi connectivity index (χ2v) is 4.89. The van der Waals surface area contributed by atoms with Gasteiger partial charge in [0, 0.05) is 6.61 Å². The summed E-state index contributed by atoms with van der Waals surface area (Å²) in [6, 6.07) is 0. The summed E-state index contributed by atoms with van der Waals surface area (Å²) < 4.78 is 6.86. The van der Waals surface area contributed by atoms with Crippen LogP contribution in [0, 0.1) is 5.92 Å². The van der Waals surface area contributed by atoms with E-state index in [0.29, 0.717) is 23.5 Å². The zero-order valence-electron chi connectivity index (χ0n) is 9.37. The molecule has 8 heteroatoms. The first kappa shape index (κ1) is 12.2. The monoisotopic (exact) mass is 258 g/mol. The number of thioether (sulfide) groups is 1. The molecule has 1 aliphatic heterocycles. The van der Waals surface area contributed by atoms with Gasteiger partial charge < -0.3 is 15.7 Å². The molecule has 0 bridgehead atoms. The van der Waals surface area contributed by atoms with Crippen LogP contribution in [0.15, 0.2) is 5.16 Å². The molecule has 1 fully saturated rings. The number of carboxylic acid groups (broad SMARTS) is 1. The van der Waals surface area contributed by atoms with Gasteiger partial charge in [0.1, 0.15) is 6.10 Å². The zero-order chi connectivity index (χ0) is 12.4. The number of nitrogen functional groups attached to an aromatic ring is 1. The molecule has 0 spiro atoms. The Bertz CT molecular complexity index is 422. The van der Waals surface area contributed by atoms with Crippen LogP contribution in [-0.2, 0) is 9.53 Å². The fourth-order valence-corrected chi connectivity index (χ4v) is 2.32. The van der Waals surface area contributed by atoms with Crippen LogP contribution in [0.4, 0.5) is 0 Å². The Balaban J connectivity index is 2.11. The Morgan fingerprint density at radius 1 is 1.71 bits per heavy atom. The second-order valence-electron chi connectivity index (χ2n) is 3.95. The lowest BCUT2D eigenvalue weighted by atomic mass is 10.0. The van der Waals surface area contributed by atoms with Gasteiger partial charge in [-0.15, -0.1) is 10.2 Å². The van der Waals surface area contributed by atoms with Crippen molar-refractivity contribution in [3.05, 3.63) is 5.82 Å². The summed E-state index contributed by atoms with van der Waals surface area (Å²) in [5, 5.41) is 16.8. The van der Waals surface area contributed by atoms with Crippen molar-refractivity contribution >= 4 is 17.7 Å². The molecule has 0 radical (unpaired) electrons. The van der Waals surface area contributed by atoms with Gasteiger partial charge >= 0.3 is 5.97 Å². The number of rotatable bonds is 4. The first-order valence-electron chi connectivity index (χ1n) is 5.26. The number of carbonyl (C=O) groups is 1. The van der Waals surface area contributed by atoms with E-state index in [1.807, 2.05) is 0 Å². The van der Waals surface area contributed by atoms with Crippen LogP contribution in [-0.4, -0.2) is 38.3 Å². The van der Waals surface area contributed by atoms with Crippen LogP contribution in [0.5, 0.6) is 0 Å². The Morgan fingerprint density at radius 2 is 2.47 bits per heavy atom. The fraction of sp³-hybridized carbons (Fsp3) is 0.667. The Hall–Kier alpha value is -1.28. The highest BCUT2D eigenvalue weighted by molar-refractivity contribution is 7.99. The zero-order valence-corrected chi connectivity index (χ0v) is 10.2. The third kappa shape index (κ3) is 2.52. The quantitative estimate of drug-likeness (QED) is 0.590. The van der Waals surface area contributed by atoms with Gasteiger partial charge in [-0.05, 0) is 12.3 Å². The minimum absolute atomic E-state index is 0.0869. The molecule has 0 saturated carbocycles. The maximum atomic E-state index is 10.5. The molecule has 0 aliphatic carbocycles. The molecule has 2 atom stereocenters. The van der Waals surface area contributed by atoms with Gasteiger partial charge in [-0.3, -0.25) is 4.79 Å². The van der Waals surface area contributed by atoms with Crippen LogP contribution in [0.2, 0.25) is 0 Å². The molecule has 0 amide bonds. The third-order valence-corrected chi connectivity index (χ3v) is 3.59. The number of nitrogens with two attached hydrogens (primary N) is 1. The highest BCUT2D eigenvalue weighted by atomic mass is 32.2. The highest BCUT2D eigenvalue weighted by Crippen LogP contribution is 2.33. The van der Waals surface area contributed by atoms with Crippen molar-refractivity contribution in [1.82, 2.24) is 14.9 Å². The fourth-order valence-electron chi connectivity index (χ4n) is 1.73. The normalized spacial score (nSPS) is 24.1. The summed E-state index contributed by atoms with van der Waals surface area (Å²) in [6.07, 6.45) is 0.821. The van der Waals surface area contributed by atoms with Gasteiger partial charge in [0.2, 0.25) is 5.16 Å². The standard InChI is InChI=1S/C9H14N4O3S/c1-5-2-3-16-7(5)8-11-12-9(13(8)10)17-4-6(14)15/h5,7H,2-4,10H2,1H3,(H,14,15). The van der Waals surface area contributed by atoms with Gasteiger partial charge in [0.15, 0.2) is 5.82 Å². The van der Waals surface area contributed by atoms with Gasteiger partial charge in [-0.1, -0.05) is 18.7 Å². The molecule has 1 aliphatic rings. The van der Waals surface area contributed by atoms with Gasteiger partial charge in [0.05, 0.1) is 5.75 Å². The van der Waals surface area contributed by atoms with Crippen molar-refractivity contribution in [2.45, 2.75) is 24.6 Å². The number of ether oxygens (including phenoxy) is 1. The molecule has 1 aromatic heterocycles. The predicted octanol–water partition coefficient (Wildman–Crippen LogP) is 0.266. The third-order valence-electron chi connectivity index (χ3n) is 2.66. The number of nitrogens with zero attached hydrogens (tertiary/aromatic N) is 3. The van der Waals surface area contributed by atoms with E-state index in [-0.39, 0.29) is 11.9 Å². The number of aromatic nitrogens is 3. The lowest BCUT2D eigenvalue weighted by molar-refractivity contribution is -0.133. The number of carboxylic acids is 1. The average molecular weight is 258 g/mol. The highest BCUT2D eigenvalue weighted by Gasteiger charge is 2.31. The SMILES string of the molecule is CC1CCOC1c1nnc(SCC(=O)O)n1N. The predicted molar refractivity (Wildman–Crippen MR) is 61.0 cm³/mol. The molecular formula is C9H14N4O3S. The summed E-state index contributed by atoms with van der Waals surface area (Å²) in [5.41, 5.74) is 0. The molecule has 2 heterocycles. The summed E-state index contributed by atoms with van der Waals surface area (Å²) in [6.45, 7) is 2.76. The molecule has 17 heavy (non-hydrogen) atoms. The number of hydrogen-bond donors (Lipinski definition) is 2. The summed E-state index contributed by atoms with van der Waals surface area (Å²) in [7, 11) is 0. The largest absolute Gasteiger partial charge is 0.481 e. The Morgan fingerprint density at radius 3 is 3.06 bits per heavy atom. The molecule has 1 saturated heterocycles. The number of aliphatic carboxylic acids is 1. The van der Waals surface area contributed by atoms with Crippen molar-refractivity contribution in [2.75, 3.05) is 18.2 Å². The van der Waals surface area contributed by atoms with E-state index < -0.39 is 5.97 Å². The first-order valence-corrected chi connectivity index (χ1v) is 6.24. The van der Waals surface area contributed by atoms with Crippen LogP contribution < -0.4 is 5.84 Å². The van der Waals surface area contributed by atoms with Crippen molar-refractivity contribution < 1.29 is 14.6 Å². The molecule has 1 aromatic rings. The lowest BCUT2D eigenvalue weighted by Gasteiger charge is -2.13. The van der Waals surface area contributed by atoms with E-state index in [4.69, 9.17) is 15.7 Å². The molecule has 7 nitrogen and oxygen atoms in total. The second kappa shape index (κ2) is 4.92. The van der Waals surface area contributed by atoms with Gasteiger partial charge in [-0.2, -0.15) is 0 Å². The smallest absolute Gasteiger partial charge is 0.313 e. The van der Waals surface area contributed by atoms with Crippen LogP contribution in [0.1, 0.15) is 25.3 Å². The molecular weight excluding hydrogens is 244 g/mol. The summed E-state index contributed by atoms with van der Waals surface area (Å²) in [5.74, 6) is 5.73. The minimum atomic E-state index is -0.912. The van der Waals surface area contributed by atoms with E-state index in [9.17, 15) is 4.79 Å². The maximum Gasteiger partial charge on any atom is 0.313 e. The van der Waals surface area contributed by atoms with E-state index in [1.165, 1.54) is 4.68 Å². The maximum absolute atomic E-state index is 10.5. The van der Waals surface area contributed by atoms with Crippen LogP contribution >= 0.6 is 11.8 Å². The van der Waals surface area contributed by atoms with E-state index in [0.717, 1.165) is 18.2 Å². The molecule has 2 unspecified atom stereocenters. The minimum Gasteiger partial charge on any atom is -0.481 e. The van der Waals surface area contributed by atoms with Crippen LogP contribution in [0.25, 0.3) is 0 Å². The van der Waals surface area contributed by atoms with E-state index in [1.54, 1.807) is 0 Å². The summed E-state index contributed by atoms with van der Waals surface area (Å²) in [4.78, 5) is 10.5. The summed E-state index contributed by atoms with van der Waals surface area (Å²) >= 11 is 1.05. The van der Waals surface area contributed by atoms with Crippen molar-refractivity contribution in [2.24, 2.45) is 5.92 Å². The Kier molecular flexibility index (Phi) is 3.53. The topological polar surface area (TPSA) is 103 Å². The van der Waals surface area contributed by atoms with Gasteiger partial charge in [-0.25, -0.2) is 4.68 Å². The lowest BCUT2D eigenvalue weighted by Crippen LogP contribution is -2.19. The molecule has 0 aromatic carbocycles. The van der Waals surface area contributed by atoms with Crippen molar-refractivity contribution in [3.63, 3.8) is 0 Å². The van der Waals surface area contributed by atoms with E-state index >= 15 is 0 Å². The van der Waals surface area contributed by atoms with Crippen molar-refractivity contribution in [3.8, 4) is 0 Å². The van der Waals surface area contributed by atoms with E-state index in [2.05, 4.69) is 17.1 Å². The average Bonchev–Trinajstić information content (AvgIpc) is 2.82. The van der Waals surface area contributed by atoms with Crippen LogP contribution in [0.3, 0.4) is 0 Å². The first-order chi connectivity index (χ1) is 8.09. The van der Waals surface area contributed by atoms with Gasteiger partial charge in [0.25, 0.3) is 0 Å². The molecule has 2 rings (SSSR count).